The summed E-state index contributed by atoms with van der Waals surface area (Å²) in [6, 6.07) is 0. The summed E-state index contributed by atoms with van der Waals surface area (Å²) < 4.78 is 0. The van der Waals surface area contributed by atoms with Gasteiger partial charge in [0.15, 0.2) is 0 Å². The van der Waals surface area contributed by atoms with Gasteiger partial charge in [0.05, 0.1) is 6.10 Å². The summed E-state index contributed by atoms with van der Waals surface area (Å²) in [5.41, 5.74) is 0. The minimum Gasteiger partial charge on any atom is -0.393 e. The lowest BCUT2D eigenvalue weighted by atomic mass is 10.0. The van der Waals surface area contributed by atoms with Gasteiger partial charge in [-0.2, -0.15) is 0 Å². The van der Waals surface area contributed by atoms with Gasteiger partial charge in [-0.15, -0.1) is 0 Å². The number of imide groups is 1. The van der Waals surface area contributed by atoms with Gasteiger partial charge in [-0.25, -0.2) is 0 Å². The summed E-state index contributed by atoms with van der Waals surface area (Å²) in [5, 5.41) is 12.6. The molecule has 40 heavy (non-hydrogen) atoms. The maximum atomic E-state index is 12.0. The smallest absolute Gasteiger partial charge is 0.226 e. The summed E-state index contributed by atoms with van der Waals surface area (Å²) >= 11 is 0. The van der Waals surface area contributed by atoms with Crippen molar-refractivity contribution < 1.29 is 14.7 Å². The van der Waals surface area contributed by atoms with Crippen LogP contribution in [0, 0.1) is 0 Å². The zero-order valence-electron chi connectivity index (χ0n) is 27.0. The molecule has 0 aliphatic carbocycles. The average molecular weight is 564 g/mol. The minimum atomic E-state index is -0.106. The number of hydrogen-bond donors (Lipinski definition) is 2. The number of allylic oxidation sites excluding steroid dienone is 2. The minimum absolute atomic E-state index is 0.100. The Morgan fingerprint density at radius 2 is 0.825 bits per heavy atom. The molecule has 0 aromatic rings. The van der Waals surface area contributed by atoms with Crippen LogP contribution in [0.4, 0.5) is 0 Å². The maximum absolute atomic E-state index is 12.0. The second-order valence-corrected chi connectivity index (χ2v) is 12.2. The largest absolute Gasteiger partial charge is 0.393 e. The highest BCUT2D eigenvalue weighted by molar-refractivity contribution is 5.95. The fourth-order valence-corrected chi connectivity index (χ4v) is 5.31. The number of amides is 2. The van der Waals surface area contributed by atoms with Gasteiger partial charge in [0.25, 0.3) is 0 Å². The number of rotatable bonds is 31. The van der Waals surface area contributed by atoms with E-state index in [1.165, 1.54) is 122 Å². The Morgan fingerprint density at radius 1 is 0.500 bits per heavy atom. The number of carbonyl (C=O) groups excluding carboxylic acids is 2. The molecule has 0 bridgehead atoms. The highest BCUT2D eigenvalue weighted by atomic mass is 16.3. The quantitative estimate of drug-likeness (QED) is 0.0651. The van der Waals surface area contributed by atoms with Gasteiger partial charge < -0.3 is 5.11 Å². The van der Waals surface area contributed by atoms with Crippen molar-refractivity contribution in [3.8, 4) is 0 Å². The number of carbonyl (C=O) groups is 2. The molecule has 1 unspecified atom stereocenters. The first-order valence-corrected chi connectivity index (χ1v) is 17.8. The molecule has 2 N–H and O–H groups in total. The van der Waals surface area contributed by atoms with E-state index in [0.717, 1.165) is 51.4 Å². The molecule has 0 saturated carbocycles. The number of unbranched alkanes of at least 4 members (excludes halogenated alkanes) is 21. The predicted molar refractivity (Wildman–Crippen MR) is 174 cm³/mol. The van der Waals surface area contributed by atoms with Crippen LogP contribution in [0.2, 0.25) is 0 Å². The fraction of sp³-hybridized carbons (Fsp3) is 0.889. The normalized spacial score (nSPS) is 12.3. The van der Waals surface area contributed by atoms with Gasteiger partial charge in [0, 0.05) is 12.8 Å². The van der Waals surface area contributed by atoms with Crippen molar-refractivity contribution in [1.82, 2.24) is 5.32 Å². The second-order valence-electron chi connectivity index (χ2n) is 12.2. The Kier molecular flexibility index (Phi) is 31.4. The van der Waals surface area contributed by atoms with Crippen molar-refractivity contribution >= 4 is 11.8 Å². The molecule has 0 fully saturated rings. The van der Waals surface area contributed by atoms with Crippen LogP contribution in [0.25, 0.3) is 0 Å². The van der Waals surface area contributed by atoms with E-state index in [-0.39, 0.29) is 17.9 Å². The zero-order valence-corrected chi connectivity index (χ0v) is 27.0. The SMILES string of the molecule is CCCCCCCC/C=C\CCCCCCCC(=O)NC(=O)CCCCCCCCCCC(O)CCCCCC. The molecule has 0 saturated heterocycles. The second kappa shape index (κ2) is 32.4. The van der Waals surface area contributed by atoms with Gasteiger partial charge in [0.1, 0.15) is 0 Å². The topological polar surface area (TPSA) is 66.4 Å². The van der Waals surface area contributed by atoms with E-state index in [4.69, 9.17) is 0 Å². The summed E-state index contributed by atoms with van der Waals surface area (Å²) in [5.74, 6) is -0.209. The third-order valence-electron chi connectivity index (χ3n) is 8.03. The van der Waals surface area contributed by atoms with E-state index in [2.05, 4.69) is 31.3 Å². The molecule has 4 nitrogen and oxygen atoms in total. The Hall–Kier alpha value is -1.16. The molecule has 236 valence electrons. The lowest BCUT2D eigenvalue weighted by molar-refractivity contribution is -0.130. The van der Waals surface area contributed by atoms with Crippen LogP contribution >= 0.6 is 0 Å². The predicted octanol–water partition coefficient (Wildman–Crippen LogP) is 10.9. The lowest BCUT2D eigenvalue weighted by Crippen LogP contribution is -2.29. The van der Waals surface area contributed by atoms with Crippen LogP contribution in [-0.4, -0.2) is 23.0 Å². The van der Waals surface area contributed by atoms with Crippen molar-refractivity contribution in [3.63, 3.8) is 0 Å². The molecule has 0 aliphatic rings. The standard InChI is InChI=1S/C36H69NO3/c1-3-5-7-9-10-11-12-13-14-15-16-17-21-24-28-32-35(39)37-36(40)33-29-25-22-19-18-20-23-27-31-34(38)30-26-8-6-4-2/h13-14,34,38H,3-12,15-33H2,1-2H3,(H,37,39,40)/b14-13-. The highest BCUT2D eigenvalue weighted by Gasteiger charge is 2.07. The van der Waals surface area contributed by atoms with Crippen molar-refractivity contribution in [3.05, 3.63) is 12.2 Å². The first-order chi connectivity index (χ1) is 19.6. The summed E-state index contributed by atoms with van der Waals surface area (Å²) in [6.07, 6.45) is 37.8. The van der Waals surface area contributed by atoms with Gasteiger partial charge >= 0.3 is 0 Å². The fourth-order valence-electron chi connectivity index (χ4n) is 5.31. The molecule has 0 aromatic carbocycles. The molecule has 2 amide bonds. The Morgan fingerprint density at radius 3 is 1.25 bits per heavy atom. The third kappa shape index (κ3) is 31.4. The van der Waals surface area contributed by atoms with Crippen LogP contribution in [0.15, 0.2) is 12.2 Å². The van der Waals surface area contributed by atoms with Crippen LogP contribution in [0.1, 0.15) is 200 Å². The Labute approximate surface area is 249 Å². The van der Waals surface area contributed by atoms with Gasteiger partial charge in [-0.05, 0) is 51.4 Å². The summed E-state index contributed by atoms with van der Waals surface area (Å²) in [7, 11) is 0. The van der Waals surface area contributed by atoms with E-state index in [1.54, 1.807) is 0 Å². The van der Waals surface area contributed by atoms with Crippen LogP contribution in [0.5, 0.6) is 0 Å². The molecule has 0 radical (unpaired) electrons. The molecule has 0 spiro atoms. The Balaban J connectivity index is 3.38. The van der Waals surface area contributed by atoms with Gasteiger partial charge in [-0.3, -0.25) is 14.9 Å². The highest BCUT2D eigenvalue weighted by Crippen LogP contribution is 2.15. The van der Waals surface area contributed by atoms with Gasteiger partial charge in [-0.1, -0.05) is 148 Å². The van der Waals surface area contributed by atoms with E-state index in [1.807, 2.05) is 0 Å². The van der Waals surface area contributed by atoms with Crippen molar-refractivity contribution in [1.29, 1.82) is 0 Å². The van der Waals surface area contributed by atoms with E-state index in [9.17, 15) is 14.7 Å². The summed E-state index contributed by atoms with van der Waals surface area (Å²) in [6.45, 7) is 4.48. The van der Waals surface area contributed by atoms with Crippen LogP contribution in [-0.2, 0) is 9.59 Å². The van der Waals surface area contributed by atoms with Gasteiger partial charge in [0.2, 0.25) is 11.8 Å². The molecule has 0 rings (SSSR count). The molecule has 0 heterocycles. The number of aliphatic hydroxyl groups is 1. The van der Waals surface area contributed by atoms with Crippen molar-refractivity contribution in [2.24, 2.45) is 0 Å². The van der Waals surface area contributed by atoms with Crippen LogP contribution in [0.3, 0.4) is 0 Å². The van der Waals surface area contributed by atoms with E-state index in [0.29, 0.717) is 12.8 Å². The molecular formula is C36H69NO3. The molecule has 4 heteroatoms. The first-order valence-electron chi connectivity index (χ1n) is 17.8. The summed E-state index contributed by atoms with van der Waals surface area (Å²) in [4.78, 5) is 24.0. The monoisotopic (exact) mass is 564 g/mol. The molecule has 1 atom stereocenters. The first kappa shape index (κ1) is 38.8. The number of nitrogens with one attached hydrogen (secondary N) is 1. The van der Waals surface area contributed by atoms with Crippen molar-refractivity contribution in [2.45, 2.75) is 206 Å². The third-order valence-corrected chi connectivity index (χ3v) is 8.03. The van der Waals surface area contributed by atoms with E-state index < -0.39 is 0 Å². The molecule has 0 aromatic heterocycles. The number of aliphatic hydroxyl groups excluding tert-OH is 1. The van der Waals surface area contributed by atoms with Crippen LogP contribution < -0.4 is 5.32 Å². The molecule has 0 aliphatic heterocycles. The number of hydrogen-bond acceptors (Lipinski definition) is 3. The average Bonchev–Trinajstić information content (AvgIpc) is 2.94. The Bertz CT molecular complexity index is 574. The lowest BCUT2D eigenvalue weighted by Gasteiger charge is -2.10. The molecular weight excluding hydrogens is 494 g/mol. The van der Waals surface area contributed by atoms with Crippen molar-refractivity contribution in [2.75, 3.05) is 0 Å². The maximum Gasteiger partial charge on any atom is 0.226 e. The van der Waals surface area contributed by atoms with E-state index >= 15 is 0 Å². The zero-order chi connectivity index (χ0) is 29.4.